The van der Waals surface area contributed by atoms with Crippen LogP contribution in [0, 0.1) is 6.92 Å². The number of para-hydroxylation sites is 1. The van der Waals surface area contributed by atoms with Crippen molar-refractivity contribution in [2.45, 2.75) is 32.4 Å². The number of nitrogens with zero attached hydrogens (tertiary/aromatic N) is 1. The highest BCUT2D eigenvalue weighted by atomic mass is 19.4. The Balaban J connectivity index is 1.96. The number of benzene rings is 1. The lowest BCUT2D eigenvalue weighted by Gasteiger charge is -2.11. The third kappa shape index (κ3) is 4.11. The van der Waals surface area contributed by atoms with Crippen molar-refractivity contribution in [2.75, 3.05) is 11.9 Å². The Labute approximate surface area is 116 Å². The first-order chi connectivity index (χ1) is 9.46. The van der Waals surface area contributed by atoms with E-state index >= 15 is 0 Å². The van der Waals surface area contributed by atoms with Crippen LogP contribution in [-0.2, 0) is 0 Å². The summed E-state index contributed by atoms with van der Waals surface area (Å²) >= 11 is 0. The topological polar surface area (TPSA) is 24.9 Å². The third-order valence-corrected chi connectivity index (χ3v) is 3.05. The Morgan fingerprint density at radius 2 is 1.90 bits per heavy atom. The van der Waals surface area contributed by atoms with Gasteiger partial charge >= 0.3 is 6.18 Å². The van der Waals surface area contributed by atoms with Crippen molar-refractivity contribution in [3.63, 3.8) is 0 Å². The number of hydrogen-bond donors (Lipinski definition) is 1. The zero-order valence-electron chi connectivity index (χ0n) is 11.3. The largest absolute Gasteiger partial charge is 0.389 e. The van der Waals surface area contributed by atoms with Crippen molar-refractivity contribution in [2.24, 2.45) is 0 Å². The lowest BCUT2D eigenvalue weighted by atomic mass is 10.1. The molecule has 0 saturated carbocycles. The van der Waals surface area contributed by atoms with Gasteiger partial charge in [0.05, 0.1) is 5.52 Å². The molecule has 2 rings (SSSR count). The van der Waals surface area contributed by atoms with Gasteiger partial charge in [-0.1, -0.05) is 18.2 Å². The first kappa shape index (κ1) is 14.6. The fraction of sp³-hybridized carbons (Fsp3) is 0.400. The van der Waals surface area contributed by atoms with Crippen molar-refractivity contribution >= 4 is 16.6 Å². The number of fused-ring (bicyclic) bond motifs is 1. The zero-order chi connectivity index (χ0) is 14.6. The second-order valence-corrected chi connectivity index (χ2v) is 4.83. The van der Waals surface area contributed by atoms with E-state index in [0.717, 1.165) is 22.3 Å². The maximum Gasteiger partial charge on any atom is 0.389 e. The highest BCUT2D eigenvalue weighted by molar-refractivity contribution is 5.91. The molecule has 0 bridgehead atoms. The molecule has 1 N–H and O–H groups in total. The summed E-state index contributed by atoms with van der Waals surface area (Å²) in [5.41, 5.74) is 2.71. The zero-order valence-corrected chi connectivity index (χ0v) is 11.3. The summed E-state index contributed by atoms with van der Waals surface area (Å²) in [4.78, 5) is 4.42. The predicted octanol–water partition coefficient (Wildman–Crippen LogP) is 4.69. The molecule has 1 heterocycles. The lowest BCUT2D eigenvalue weighted by molar-refractivity contribution is -0.135. The number of halogens is 3. The van der Waals surface area contributed by atoms with Gasteiger partial charge in [0.1, 0.15) is 0 Å². The number of nitrogens with one attached hydrogen (secondary N) is 1. The Morgan fingerprint density at radius 3 is 2.65 bits per heavy atom. The number of rotatable bonds is 5. The van der Waals surface area contributed by atoms with Gasteiger partial charge in [0, 0.05) is 29.7 Å². The van der Waals surface area contributed by atoms with E-state index in [-0.39, 0.29) is 6.42 Å². The van der Waals surface area contributed by atoms with E-state index in [2.05, 4.69) is 10.3 Å². The molecule has 0 fully saturated rings. The molecule has 0 spiro atoms. The van der Waals surface area contributed by atoms with E-state index in [1.54, 1.807) is 0 Å². The van der Waals surface area contributed by atoms with E-state index in [1.165, 1.54) is 0 Å². The molecule has 20 heavy (non-hydrogen) atoms. The second kappa shape index (κ2) is 6.11. The Hall–Kier alpha value is -1.78. The number of unbranched alkanes of at least 4 members (excludes halogenated alkanes) is 1. The summed E-state index contributed by atoms with van der Waals surface area (Å²) in [7, 11) is 0. The molecule has 0 aliphatic heterocycles. The Bertz CT molecular complexity index is 579. The molecular weight excluding hydrogens is 265 g/mol. The summed E-state index contributed by atoms with van der Waals surface area (Å²) in [5, 5.41) is 4.20. The average Bonchev–Trinajstić information content (AvgIpc) is 2.36. The van der Waals surface area contributed by atoms with Crippen LogP contribution in [0.2, 0.25) is 0 Å². The van der Waals surface area contributed by atoms with Gasteiger partial charge in [0.15, 0.2) is 0 Å². The van der Waals surface area contributed by atoms with E-state index in [9.17, 15) is 13.2 Å². The second-order valence-electron chi connectivity index (χ2n) is 4.83. The highest BCUT2D eigenvalue weighted by Crippen LogP contribution is 2.24. The molecule has 1 aromatic heterocycles. The van der Waals surface area contributed by atoms with Crippen LogP contribution < -0.4 is 5.32 Å². The predicted molar refractivity (Wildman–Crippen MR) is 74.9 cm³/mol. The summed E-state index contributed by atoms with van der Waals surface area (Å²) in [5.74, 6) is 0. The lowest BCUT2D eigenvalue weighted by Crippen LogP contribution is -2.09. The van der Waals surface area contributed by atoms with Gasteiger partial charge in [0.25, 0.3) is 0 Å². The monoisotopic (exact) mass is 282 g/mol. The van der Waals surface area contributed by atoms with Crippen LogP contribution in [0.1, 0.15) is 25.0 Å². The van der Waals surface area contributed by atoms with Gasteiger partial charge < -0.3 is 5.32 Å². The quantitative estimate of drug-likeness (QED) is 0.805. The van der Waals surface area contributed by atoms with Crippen molar-refractivity contribution in [3.8, 4) is 0 Å². The molecule has 1 aromatic carbocycles. The third-order valence-electron chi connectivity index (χ3n) is 3.05. The van der Waals surface area contributed by atoms with Crippen molar-refractivity contribution in [1.29, 1.82) is 0 Å². The smallest absolute Gasteiger partial charge is 0.384 e. The fourth-order valence-electron chi connectivity index (χ4n) is 2.13. The fourth-order valence-corrected chi connectivity index (χ4v) is 2.13. The van der Waals surface area contributed by atoms with Crippen LogP contribution in [0.5, 0.6) is 0 Å². The molecule has 108 valence electrons. The van der Waals surface area contributed by atoms with Crippen molar-refractivity contribution in [1.82, 2.24) is 4.98 Å². The van der Waals surface area contributed by atoms with Crippen LogP contribution in [0.3, 0.4) is 0 Å². The number of aryl methyl sites for hydroxylation is 1. The summed E-state index contributed by atoms with van der Waals surface area (Å²) in [6, 6.07) is 9.65. The number of hydrogen-bond acceptors (Lipinski definition) is 2. The Morgan fingerprint density at radius 1 is 1.15 bits per heavy atom. The van der Waals surface area contributed by atoms with Crippen LogP contribution in [-0.4, -0.2) is 17.7 Å². The summed E-state index contributed by atoms with van der Waals surface area (Å²) in [6.07, 6.45) is -4.13. The molecule has 2 nitrogen and oxygen atoms in total. The molecule has 0 atom stereocenters. The molecule has 0 saturated heterocycles. The molecule has 0 aliphatic rings. The summed E-state index contributed by atoms with van der Waals surface area (Å²) < 4.78 is 36.1. The first-order valence-electron chi connectivity index (χ1n) is 6.63. The molecular formula is C15H17F3N2. The summed E-state index contributed by atoms with van der Waals surface area (Å²) in [6.45, 7) is 2.44. The number of aromatic nitrogens is 1. The molecule has 0 unspecified atom stereocenters. The first-order valence-corrected chi connectivity index (χ1v) is 6.63. The minimum atomic E-state index is -4.06. The standard InChI is InChI=1S/C15H17F3N2/c1-11-10-14(12-6-2-3-7-13(12)20-11)19-9-5-4-8-15(16,17)18/h2-3,6-7,10H,4-5,8-9H2,1H3,(H,19,20). The van der Waals surface area contributed by atoms with Gasteiger partial charge in [0.2, 0.25) is 0 Å². The van der Waals surface area contributed by atoms with Gasteiger partial charge in [-0.2, -0.15) is 13.2 Å². The highest BCUT2D eigenvalue weighted by Gasteiger charge is 2.25. The van der Waals surface area contributed by atoms with Crippen LogP contribution >= 0.6 is 0 Å². The van der Waals surface area contributed by atoms with E-state index in [1.807, 2.05) is 37.3 Å². The van der Waals surface area contributed by atoms with E-state index < -0.39 is 12.6 Å². The normalized spacial score (nSPS) is 11.8. The van der Waals surface area contributed by atoms with Gasteiger partial charge in [-0.05, 0) is 31.9 Å². The van der Waals surface area contributed by atoms with Crippen molar-refractivity contribution < 1.29 is 13.2 Å². The number of anilines is 1. The van der Waals surface area contributed by atoms with Crippen LogP contribution in [0.15, 0.2) is 30.3 Å². The maximum atomic E-state index is 12.0. The molecule has 5 heteroatoms. The maximum absolute atomic E-state index is 12.0. The van der Waals surface area contributed by atoms with Crippen LogP contribution in [0.4, 0.5) is 18.9 Å². The van der Waals surface area contributed by atoms with E-state index in [4.69, 9.17) is 0 Å². The SMILES string of the molecule is Cc1cc(NCCCCC(F)(F)F)c2ccccc2n1. The van der Waals surface area contributed by atoms with Crippen LogP contribution in [0.25, 0.3) is 10.9 Å². The minimum absolute atomic E-state index is 0.151. The molecule has 2 aromatic rings. The van der Waals surface area contributed by atoms with Gasteiger partial charge in [-0.3, -0.25) is 4.98 Å². The number of alkyl halides is 3. The van der Waals surface area contributed by atoms with Crippen molar-refractivity contribution in [3.05, 3.63) is 36.0 Å². The number of pyridine rings is 1. The van der Waals surface area contributed by atoms with E-state index in [0.29, 0.717) is 13.0 Å². The molecule has 0 amide bonds. The molecule has 0 radical (unpaired) electrons. The Kier molecular flexibility index (Phi) is 4.47. The average molecular weight is 282 g/mol. The van der Waals surface area contributed by atoms with Gasteiger partial charge in [-0.25, -0.2) is 0 Å². The molecule has 0 aliphatic carbocycles. The van der Waals surface area contributed by atoms with Gasteiger partial charge in [-0.15, -0.1) is 0 Å². The minimum Gasteiger partial charge on any atom is -0.384 e.